The van der Waals surface area contributed by atoms with Crippen LogP contribution in [0.3, 0.4) is 0 Å². The van der Waals surface area contributed by atoms with E-state index in [2.05, 4.69) is 47.8 Å². The third kappa shape index (κ3) is 2.95. The molecule has 0 spiro atoms. The van der Waals surface area contributed by atoms with Crippen LogP contribution in [0, 0.1) is 5.82 Å². The van der Waals surface area contributed by atoms with Crippen LogP contribution in [0.4, 0.5) is 4.39 Å². The number of rotatable bonds is 2. The van der Waals surface area contributed by atoms with Crippen LogP contribution in [0.1, 0.15) is 16.5 Å². The van der Waals surface area contributed by atoms with Gasteiger partial charge in [-0.1, -0.05) is 22.0 Å². The quantitative estimate of drug-likeness (QED) is 0.446. The Bertz CT molecular complexity index is 535. The van der Waals surface area contributed by atoms with Gasteiger partial charge in [0.25, 0.3) is 0 Å². The van der Waals surface area contributed by atoms with Gasteiger partial charge >= 0.3 is 0 Å². The summed E-state index contributed by atoms with van der Waals surface area (Å²) in [6, 6.07) is 6.73. The number of halogens is 5. The van der Waals surface area contributed by atoms with E-state index in [1.807, 2.05) is 6.07 Å². The first-order chi connectivity index (χ1) is 8.00. The van der Waals surface area contributed by atoms with Crippen molar-refractivity contribution in [3.05, 3.63) is 53.3 Å². The molecule has 1 aromatic carbocycles. The highest BCUT2D eigenvalue weighted by molar-refractivity contribution is 9.12. The summed E-state index contributed by atoms with van der Waals surface area (Å²) in [7, 11) is 0. The fraction of sp³-hybridized carbons (Fsp3) is 0.0909. The molecule has 0 N–H and O–H groups in total. The maximum Gasteiger partial charge on any atom is 0.129 e. The molecule has 1 aromatic heterocycles. The predicted molar refractivity (Wildman–Crippen MR) is 81.5 cm³/mol. The van der Waals surface area contributed by atoms with E-state index in [1.54, 1.807) is 12.1 Å². The lowest BCUT2D eigenvalue weighted by Gasteiger charge is -2.12. The summed E-state index contributed by atoms with van der Waals surface area (Å²) in [5.41, 5.74) is 1.31. The Kier molecular flexibility index (Phi) is 4.69. The third-order valence-corrected chi connectivity index (χ3v) is 5.74. The van der Waals surface area contributed by atoms with Crippen molar-refractivity contribution >= 4 is 70.7 Å². The predicted octanol–water partition coefficient (Wildman–Crippen LogP) is 6.50. The monoisotopic (exact) mass is 460 g/mol. The fourth-order valence-electron chi connectivity index (χ4n) is 1.43. The molecule has 6 heteroatoms. The van der Waals surface area contributed by atoms with E-state index in [9.17, 15) is 4.39 Å². The van der Waals surface area contributed by atoms with Crippen LogP contribution in [0.15, 0.2) is 36.3 Å². The van der Waals surface area contributed by atoms with E-state index >= 15 is 0 Å². The Balaban J connectivity index is 2.51. The Morgan fingerprint density at radius 2 is 1.94 bits per heavy atom. The second-order valence-corrected chi connectivity index (χ2v) is 8.32. The molecule has 1 heterocycles. The average molecular weight is 463 g/mol. The van der Waals surface area contributed by atoms with Gasteiger partial charge in [0.2, 0.25) is 0 Å². The summed E-state index contributed by atoms with van der Waals surface area (Å²) in [6.07, 6.45) is 0. The minimum absolute atomic E-state index is 0.311. The average Bonchev–Trinajstić information content (AvgIpc) is 2.57. The Morgan fingerprint density at radius 3 is 2.47 bits per heavy atom. The zero-order valence-corrected chi connectivity index (χ0v) is 14.5. The van der Waals surface area contributed by atoms with Gasteiger partial charge in [0.1, 0.15) is 5.82 Å². The van der Waals surface area contributed by atoms with Crippen molar-refractivity contribution in [3.63, 3.8) is 0 Å². The number of hydrogen-bond acceptors (Lipinski definition) is 1. The first kappa shape index (κ1) is 14.0. The van der Waals surface area contributed by atoms with Crippen molar-refractivity contribution in [2.45, 2.75) is 5.38 Å². The van der Waals surface area contributed by atoms with Crippen molar-refractivity contribution in [1.29, 1.82) is 0 Å². The van der Waals surface area contributed by atoms with Gasteiger partial charge < -0.3 is 0 Å². The smallest absolute Gasteiger partial charge is 0.129 e. The first-order valence-electron chi connectivity index (χ1n) is 4.53. The molecule has 0 aliphatic heterocycles. The topological polar surface area (TPSA) is 0 Å². The minimum atomic E-state index is -0.525. The van der Waals surface area contributed by atoms with Gasteiger partial charge in [-0.2, -0.15) is 0 Å². The van der Waals surface area contributed by atoms with E-state index in [0.29, 0.717) is 10.0 Å². The molecular formula is C11H5Br3ClFS. The van der Waals surface area contributed by atoms with Crippen molar-refractivity contribution in [3.8, 4) is 0 Å². The van der Waals surface area contributed by atoms with Gasteiger partial charge in [-0.15, -0.1) is 22.9 Å². The van der Waals surface area contributed by atoms with Crippen LogP contribution in [0.25, 0.3) is 0 Å². The van der Waals surface area contributed by atoms with Crippen LogP contribution in [0.2, 0.25) is 0 Å². The van der Waals surface area contributed by atoms with E-state index in [1.165, 1.54) is 17.4 Å². The molecule has 2 aromatic rings. The molecule has 0 bridgehead atoms. The molecule has 0 nitrogen and oxygen atoms in total. The molecule has 0 saturated heterocycles. The highest BCUT2D eigenvalue weighted by Gasteiger charge is 2.22. The van der Waals surface area contributed by atoms with E-state index in [0.717, 1.165) is 13.1 Å². The van der Waals surface area contributed by atoms with Gasteiger partial charge in [-0.3, -0.25) is 0 Å². The van der Waals surface area contributed by atoms with Gasteiger partial charge in [-0.05, 0) is 50.1 Å². The molecule has 1 atom stereocenters. The largest absolute Gasteiger partial charge is 0.207 e. The summed E-state index contributed by atoms with van der Waals surface area (Å²) in [5, 5.41) is -0.525. The van der Waals surface area contributed by atoms with Crippen LogP contribution >= 0.6 is 70.7 Å². The molecule has 0 aliphatic carbocycles. The van der Waals surface area contributed by atoms with Crippen LogP contribution in [-0.4, -0.2) is 0 Å². The summed E-state index contributed by atoms with van der Waals surface area (Å²) in [5.74, 6) is -0.311. The highest BCUT2D eigenvalue weighted by atomic mass is 79.9. The number of hydrogen-bond donors (Lipinski definition) is 0. The molecular weight excluding hydrogens is 458 g/mol. The molecule has 90 valence electrons. The zero-order valence-electron chi connectivity index (χ0n) is 8.18. The Labute approximate surface area is 133 Å². The van der Waals surface area contributed by atoms with E-state index < -0.39 is 5.38 Å². The lowest BCUT2D eigenvalue weighted by atomic mass is 10.1. The van der Waals surface area contributed by atoms with Crippen molar-refractivity contribution < 1.29 is 4.39 Å². The van der Waals surface area contributed by atoms with Gasteiger partial charge in [0.05, 0.1) is 12.9 Å². The van der Waals surface area contributed by atoms with Gasteiger partial charge in [0.15, 0.2) is 0 Å². The van der Waals surface area contributed by atoms with Gasteiger partial charge in [0, 0.05) is 15.6 Å². The van der Waals surface area contributed by atoms with E-state index in [4.69, 9.17) is 11.6 Å². The van der Waals surface area contributed by atoms with Crippen LogP contribution in [-0.2, 0) is 0 Å². The maximum atomic E-state index is 13.8. The summed E-state index contributed by atoms with van der Waals surface area (Å²) in [6.45, 7) is 0. The zero-order chi connectivity index (χ0) is 12.6. The van der Waals surface area contributed by atoms with E-state index in [-0.39, 0.29) is 5.82 Å². The lowest BCUT2D eigenvalue weighted by molar-refractivity contribution is 0.611. The SMILES string of the molecule is Fc1cccc(Br)c1C(Cl)c1cc(Br)sc1Br. The second-order valence-electron chi connectivity index (χ2n) is 3.28. The molecule has 0 aliphatic rings. The molecule has 0 amide bonds. The molecule has 17 heavy (non-hydrogen) atoms. The van der Waals surface area contributed by atoms with Crippen molar-refractivity contribution in [1.82, 2.24) is 0 Å². The number of benzene rings is 1. The third-order valence-electron chi connectivity index (χ3n) is 2.21. The number of thiophene rings is 1. The standard InChI is InChI=1S/C11H5Br3ClFS/c12-6-2-1-3-7(16)9(6)10(15)5-4-8(13)17-11(5)14/h1-4,10H. The van der Waals surface area contributed by atoms with Crippen LogP contribution in [0.5, 0.6) is 0 Å². The maximum absolute atomic E-state index is 13.8. The Morgan fingerprint density at radius 1 is 1.24 bits per heavy atom. The lowest BCUT2D eigenvalue weighted by Crippen LogP contribution is -1.97. The molecule has 2 rings (SSSR count). The minimum Gasteiger partial charge on any atom is -0.207 e. The molecule has 0 fully saturated rings. The first-order valence-corrected chi connectivity index (χ1v) is 8.16. The second kappa shape index (κ2) is 5.70. The summed E-state index contributed by atoms with van der Waals surface area (Å²) >= 11 is 18.0. The molecule has 0 radical (unpaired) electrons. The summed E-state index contributed by atoms with van der Waals surface area (Å²) in [4.78, 5) is 0. The normalized spacial score (nSPS) is 12.8. The fourth-order valence-corrected chi connectivity index (χ4v) is 5.63. The van der Waals surface area contributed by atoms with Crippen LogP contribution < -0.4 is 0 Å². The number of alkyl halides is 1. The van der Waals surface area contributed by atoms with Crippen molar-refractivity contribution in [2.75, 3.05) is 0 Å². The Hall–Kier alpha value is 0.580. The summed E-state index contributed by atoms with van der Waals surface area (Å²) < 4.78 is 16.3. The van der Waals surface area contributed by atoms with Gasteiger partial charge in [-0.25, -0.2) is 4.39 Å². The molecule has 0 saturated carbocycles. The highest BCUT2D eigenvalue weighted by Crippen LogP contribution is 2.43. The van der Waals surface area contributed by atoms with Crippen molar-refractivity contribution in [2.24, 2.45) is 0 Å². The molecule has 1 unspecified atom stereocenters.